The minimum absolute atomic E-state index is 0.140. The van der Waals surface area contributed by atoms with Gasteiger partial charge in [-0.3, -0.25) is 14.6 Å². The molecular formula is C24H19F4N7O2. The fourth-order valence-electron chi connectivity index (χ4n) is 4.15. The van der Waals surface area contributed by atoms with E-state index in [-0.39, 0.29) is 11.3 Å². The summed E-state index contributed by atoms with van der Waals surface area (Å²) in [7, 11) is 1.28. The van der Waals surface area contributed by atoms with Crippen LogP contribution in [0.2, 0.25) is 0 Å². The summed E-state index contributed by atoms with van der Waals surface area (Å²) in [6, 6.07) is 4.93. The first-order valence-corrected chi connectivity index (χ1v) is 11.0. The predicted octanol–water partition coefficient (Wildman–Crippen LogP) is 4.84. The molecule has 0 aliphatic rings. The largest absolute Gasteiger partial charge is 0.435 e. The number of hydrogen-bond acceptors (Lipinski definition) is 6. The highest BCUT2D eigenvalue weighted by molar-refractivity contribution is 6.15. The summed E-state index contributed by atoms with van der Waals surface area (Å²) in [5, 5.41) is 7.57. The number of anilines is 1. The second-order valence-corrected chi connectivity index (χ2v) is 8.02. The van der Waals surface area contributed by atoms with Gasteiger partial charge in [-0.2, -0.15) is 18.3 Å². The number of amides is 1. The highest BCUT2D eigenvalue weighted by Crippen LogP contribution is 2.39. The summed E-state index contributed by atoms with van der Waals surface area (Å²) in [6.45, 7) is 2.36. The molecule has 1 amide bonds. The van der Waals surface area contributed by atoms with Crippen molar-refractivity contribution in [1.82, 2.24) is 30.2 Å². The molecule has 4 heterocycles. The van der Waals surface area contributed by atoms with E-state index in [0.29, 0.717) is 45.3 Å². The van der Waals surface area contributed by atoms with Gasteiger partial charge in [0.15, 0.2) is 5.69 Å². The Morgan fingerprint density at radius 2 is 2.00 bits per heavy atom. The molecule has 4 aromatic heterocycles. The van der Waals surface area contributed by atoms with Gasteiger partial charge in [-0.15, -0.1) is 0 Å². The highest BCUT2D eigenvalue weighted by Gasteiger charge is 2.34. The van der Waals surface area contributed by atoms with Gasteiger partial charge in [0.1, 0.15) is 11.5 Å². The number of benzene rings is 1. The van der Waals surface area contributed by atoms with Gasteiger partial charge in [0.25, 0.3) is 5.91 Å². The third-order valence-electron chi connectivity index (χ3n) is 5.65. The fourth-order valence-corrected chi connectivity index (χ4v) is 4.15. The number of hydrogen-bond donors (Lipinski definition) is 3. The van der Waals surface area contributed by atoms with Crippen molar-refractivity contribution in [3.8, 4) is 16.8 Å². The second-order valence-electron chi connectivity index (χ2n) is 8.02. The normalized spacial score (nSPS) is 11.8. The quantitative estimate of drug-likeness (QED) is 0.221. The van der Waals surface area contributed by atoms with Crippen LogP contribution < -0.4 is 10.8 Å². The minimum atomic E-state index is -4.68. The summed E-state index contributed by atoms with van der Waals surface area (Å²) in [4.78, 5) is 28.6. The molecule has 37 heavy (non-hydrogen) atoms. The zero-order chi connectivity index (χ0) is 26.3. The van der Waals surface area contributed by atoms with Crippen molar-refractivity contribution >= 4 is 33.5 Å². The first-order chi connectivity index (χ1) is 17.7. The number of nitrogens with zero attached hydrogens (tertiary/aromatic N) is 4. The van der Waals surface area contributed by atoms with Gasteiger partial charge in [0.05, 0.1) is 35.0 Å². The number of halogens is 4. The Hall–Kier alpha value is -4.52. The summed E-state index contributed by atoms with van der Waals surface area (Å²) < 4.78 is 56.0. The zero-order valence-corrected chi connectivity index (χ0v) is 19.4. The monoisotopic (exact) mass is 513 g/mol. The van der Waals surface area contributed by atoms with Gasteiger partial charge >= 0.3 is 6.18 Å². The van der Waals surface area contributed by atoms with Crippen LogP contribution in [0.4, 0.5) is 23.2 Å². The predicted molar refractivity (Wildman–Crippen MR) is 128 cm³/mol. The van der Waals surface area contributed by atoms with Crippen molar-refractivity contribution < 1.29 is 27.2 Å². The van der Waals surface area contributed by atoms with Gasteiger partial charge in [-0.05, 0) is 31.2 Å². The number of nitrogens with one attached hydrogen (secondary N) is 3. The van der Waals surface area contributed by atoms with Crippen molar-refractivity contribution in [2.45, 2.75) is 13.1 Å². The molecule has 5 rings (SSSR count). The van der Waals surface area contributed by atoms with Crippen LogP contribution in [-0.2, 0) is 11.0 Å². The third-order valence-corrected chi connectivity index (χ3v) is 5.65. The molecule has 0 atom stereocenters. The van der Waals surface area contributed by atoms with E-state index in [1.807, 2.05) is 6.92 Å². The molecule has 9 nitrogen and oxygen atoms in total. The average Bonchev–Trinajstić information content (AvgIpc) is 3.50. The lowest BCUT2D eigenvalue weighted by Gasteiger charge is -2.13. The number of rotatable bonds is 6. The third kappa shape index (κ3) is 4.33. The smallest absolute Gasteiger partial charge is 0.384 e. The average molecular weight is 513 g/mol. The van der Waals surface area contributed by atoms with Crippen LogP contribution in [0.1, 0.15) is 23.0 Å². The molecule has 3 N–H and O–H groups in total. The number of hydroxylamine groups is 1. The maximum atomic E-state index is 14.6. The van der Waals surface area contributed by atoms with Crippen LogP contribution in [0.3, 0.4) is 0 Å². The lowest BCUT2D eigenvalue weighted by molar-refractivity contribution is -0.141. The maximum Gasteiger partial charge on any atom is 0.435 e. The van der Waals surface area contributed by atoms with Crippen molar-refractivity contribution in [1.29, 1.82) is 0 Å². The molecule has 0 aliphatic carbocycles. The molecular weight excluding hydrogens is 494 g/mol. The summed E-state index contributed by atoms with van der Waals surface area (Å²) in [6.07, 6.45) is 0.661. The number of fused-ring (bicyclic) bond motifs is 3. The Bertz CT molecular complexity index is 1640. The number of carbonyl (C=O) groups excluding carboxylic acids is 1. The number of alkyl halides is 3. The van der Waals surface area contributed by atoms with Crippen LogP contribution in [0.15, 0.2) is 49.1 Å². The Kier molecular flexibility index (Phi) is 5.99. The summed E-state index contributed by atoms with van der Waals surface area (Å²) >= 11 is 0. The van der Waals surface area contributed by atoms with Crippen LogP contribution in [-0.4, -0.2) is 44.3 Å². The second kappa shape index (κ2) is 9.17. The Morgan fingerprint density at radius 1 is 1.19 bits per heavy atom. The highest BCUT2D eigenvalue weighted by atomic mass is 19.4. The SMILES string of the molecule is CCNc1cc(F)cc2c1[nH]c1ncc(-c3cncc(C(=O)NOC)c3)c(-n3ccc(C(F)(F)F)n3)c12. The Morgan fingerprint density at radius 3 is 2.70 bits per heavy atom. The van der Waals surface area contributed by atoms with E-state index < -0.39 is 23.6 Å². The number of pyridine rings is 2. The zero-order valence-electron chi connectivity index (χ0n) is 19.4. The molecule has 0 aliphatic heterocycles. The molecule has 1 aromatic carbocycles. The van der Waals surface area contributed by atoms with Crippen molar-refractivity contribution in [2.24, 2.45) is 0 Å². The van der Waals surface area contributed by atoms with Crippen LogP contribution in [0.25, 0.3) is 38.8 Å². The molecule has 0 bridgehead atoms. The molecule has 5 aromatic rings. The molecule has 13 heteroatoms. The van der Waals surface area contributed by atoms with E-state index in [4.69, 9.17) is 0 Å². The van der Waals surface area contributed by atoms with E-state index in [1.165, 1.54) is 50.1 Å². The van der Waals surface area contributed by atoms with Gasteiger partial charge < -0.3 is 10.3 Å². The van der Waals surface area contributed by atoms with Gasteiger partial charge in [0.2, 0.25) is 0 Å². The lowest BCUT2D eigenvalue weighted by atomic mass is 10.0. The summed E-state index contributed by atoms with van der Waals surface area (Å²) in [5.74, 6) is -1.12. The van der Waals surface area contributed by atoms with E-state index in [1.54, 1.807) is 0 Å². The Balaban J connectivity index is 1.85. The number of aromatic nitrogens is 5. The van der Waals surface area contributed by atoms with E-state index >= 15 is 0 Å². The maximum absolute atomic E-state index is 14.6. The number of aromatic amines is 1. The van der Waals surface area contributed by atoms with Gasteiger partial charge in [-0.1, -0.05) is 0 Å². The molecule has 0 unspecified atom stereocenters. The Labute approximate surface area is 206 Å². The van der Waals surface area contributed by atoms with Crippen molar-refractivity contribution in [3.63, 3.8) is 0 Å². The van der Waals surface area contributed by atoms with Crippen LogP contribution in [0.5, 0.6) is 0 Å². The summed E-state index contributed by atoms with van der Waals surface area (Å²) in [5.41, 5.74) is 3.42. The van der Waals surface area contributed by atoms with Gasteiger partial charge in [-0.25, -0.2) is 19.5 Å². The van der Waals surface area contributed by atoms with E-state index in [0.717, 1.165) is 10.7 Å². The first kappa shape index (κ1) is 24.2. The van der Waals surface area contributed by atoms with E-state index in [9.17, 15) is 22.4 Å². The van der Waals surface area contributed by atoms with Crippen LogP contribution >= 0.6 is 0 Å². The number of carbonyl (C=O) groups is 1. The molecule has 0 saturated carbocycles. The van der Waals surface area contributed by atoms with Crippen molar-refractivity contribution in [3.05, 3.63) is 66.1 Å². The topological polar surface area (TPSA) is 110 Å². The van der Waals surface area contributed by atoms with Crippen LogP contribution in [0, 0.1) is 5.82 Å². The molecule has 0 saturated heterocycles. The standard InChI is InChI=1S/C24H19F4N7O2/c1-3-30-17-8-14(25)7-15-19-21(35-5-4-18(33-35)24(26,27)28)16(11-31-22(19)32-20(15)17)12-6-13(10-29-9-12)23(36)34-37-2/h4-11,30H,3H2,1-2H3,(H,31,32)(H,34,36). The molecule has 0 spiro atoms. The molecule has 0 fully saturated rings. The fraction of sp³-hybridized carbons (Fsp3) is 0.167. The lowest BCUT2D eigenvalue weighted by Crippen LogP contribution is -2.21. The van der Waals surface area contributed by atoms with Gasteiger partial charge in [0, 0.05) is 47.8 Å². The molecule has 190 valence electrons. The number of H-pyrrole nitrogens is 1. The first-order valence-electron chi connectivity index (χ1n) is 11.0. The van der Waals surface area contributed by atoms with Crippen molar-refractivity contribution in [2.75, 3.05) is 19.0 Å². The molecule has 0 radical (unpaired) electrons. The van der Waals surface area contributed by atoms with E-state index in [2.05, 4.69) is 35.7 Å². The minimum Gasteiger partial charge on any atom is -0.384 e.